The van der Waals surface area contributed by atoms with Crippen molar-refractivity contribution in [2.45, 2.75) is 39.3 Å². The van der Waals surface area contributed by atoms with Crippen molar-refractivity contribution < 1.29 is 0 Å². The van der Waals surface area contributed by atoms with Crippen molar-refractivity contribution in [1.29, 1.82) is 0 Å². The number of nitrogens with two attached hydrogens (primary N) is 1. The van der Waals surface area contributed by atoms with Gasteiger partial charge in [0.25, 0.3) is 0 Å². The van der Waals surface area contributed by atoms with Gasteiger partial charge in [0.2, 0.25) is 0 Å². The molecule has 20 heavy (non-hydrogen) atoms. The van der Waals surface area contributed by atoms with Crippen molar-refractivity contribution in [2.75, 3.05) is 31.1 Å². The second-order valence-electron chi connectivity index (χ2n) is 5.88. The fraction of sp³-hybridized carbons (Fsp3) is 0.625. The number of benzene rings is 1. The molecule has 1 aliphatic rings. The minimum Gasteiger partial charge on any atom is -0.368 e. The summed E-state index contributed by atoms with van der Waals surface area (Å²) in [5.41, 5.74) is 8.54. The molecule has 1 fully saturated rings. The fourth-order valence-corrected chi connectivity index (χ4v) is 3.25. The summed E-state index contributed by atoms with van der Waals surface area (Å²) < 4.78 is 0. The van der Waals surface area contributed by atoms with Crippen LogP contribution in [0.2, 0.25) is 5.02 Å². The first-order valence-electron chi connectivity index (χ1n) is 7.54. The maximum Gasteiger partial charge on any atom is 0.0410 e. The Bertz CT molecular complexity index is 447. The quantitative estimate of drug-likeness (QED) is 0.927. The van der Waals surface area contributed by atoms with Crippen LogP contribution in [0.25, 0.3) is 0 Å². The van der Waals surface area contributed by atoms with Gasteiger partial charge < -0.3 is 10.6 Å². The molecular formula is C16H26ClN3. The molecule has 0 aromatic heterocycles. The molecule has 1 saturated heterocycles. The predicted molar refractivity (Wildman–Crippen MR) is 87.7 cm³/mol. The van der Waals surface area contributed by atoms with Crippen LogP contribution in [0.1, 0.15) is 26.3 Å². The van der Waals surface area contributed by atoms with E-state index in [9.17, 15) is 0 Å². The average Bonchev–Trinajstić information content (AvgIpc) is 2.38. The van der Waals surface area contributed by atoms with Gasteiger partial charge in [-0.1, -0.05) is 18.5 Å². The number of likely N-dealkylation sites (N-methyl/N-ethyl adjacent to an activating group) is 1. The SMILES string of the molecule is CCN1CCN(c2ccc(Cl)cc2CC(C)N)CC1C. The van der Waals surface area contributed by atoms with E-state index in [0.717, 1.165) is 37.6 Å². The van der Waals surface area contributed by atoms with Crippen molar-refractivity contribution in [3.8, 4) is 0 Å². The molecule has 112 valence electrons. The van der Waals surface area contributed by atoms with Crippen molar-refractivity contribution in [2.24, 2.45) is 5.73 Å². The summed E-state index contributed by atoms with van der Waals surface area (Å²) >= 11 is 6.15. The molecule has 4 heteroatoms. The largest absolute Gasteiger partial charge is 0.368 e. The summed E-state index contributed by atoms with van der Waals surface area (Å²) in [4.78, 5) is 5.00. The van der Waals surface area contributed by atoms with E-state index < -0.39 is 0 Å². The van der Waals surface area contributed by atoms with Crippen molar-refractivity contribution in [1.82, 2.24) is 4.90 Å². The highest BCUT2D eigenvalue weighted by atomic mass is 35.5. The Morgan fingerprint density at radius 3 is 2.75 bits per heavy atom. The van der Waals surface area contributed by atoms with Crippen LogP contribution >= 0.6 is 11.6 Å². The van der Waals surface area contributed by atoms with E-state index in [1.165, 1.54) is 11.3 Å². The molecule has 2 N–H and O–H groups in total. The first-order chi connectivity index (χ1) is 9.51. The van der Waals surface area contributed by atoms with Crippen molar-refractivity contribution in [3.63, 3.8) is 0 Å². The highest BCUT2D eigenvalue weighted by molar-refractivity contribution is 6.30. The van der Waals surface area contributed by atoms with Gasteiger partial charge >= 0.3 is 0 Å². The van der Waals surface area contributed by atoms with Gasteiger partial charge in [-0.15, -0.1) is 0 Å². The van der Waals surface area contributed by atoms with E-state index in [4.69, 9.17) is 17.3 Å². The van der Waals surface area contributed by atoms with Crippen LogP contribution in [0.3, 0.4) is 0 Å². The number of halogens is 1. The Kier molecular flexibility index (Phi) is 5.30. The number of rotatable bonds is 4. The van der Waals surface area contributed by atoms with Gasteiger partial charge in [-0.2, -0.15) is 0 Å². The molecule has 0 amide bonds. The first kappa shape index (κ1) is 15.6. The van der Waals surface area contributed by atoms with Gasteiger partial charge in [0.1, 0.15) is 0 Å². The van der Waals surface area contributed by atoms with Crippen molar-refractivity contribution in [3.05, 3.63) is 28.8 Å². The molecule has 0 spiro atoms. The summed E-state index contributed by atoms with van der Waals surface area (Å²) in [5, 5.41) is 0.796. The molecule has 1 aliphatic heterocycles. The number of anilines is 1. The van der Waals surface area contributed by atoms with Crippen LogP contribution in [0.5, 0.6) is 0 Å². The maximum atomic E-state index is 6.15. The summed E-state index contributed by atoms with van der Waals surface area (Å²) in [6.45, 7) is 11.0. The number of hydrogen-bond acceptors (Lipinski definition) is 3. The molecule has 2 unspecified atom stereocenters. The van der Waals surface area contributed by atoms with Gasteiger partial charge in [-0.05, 0) is 50.6 Å². The molecule has 1 aromatic rings. The Morgan fingerprint density at radius 2 is 2.15 bits per heavy atom. The zero-order valence-corrected chi connectivity index (χ0v) is 13.5. The molecule has 1 aromatic carbocycles. The lowest BCUT2D eigenvalue weighted by molar-refractivity contribution is 0.199. The third kappa shape index (κ3) is 3.66. The van der Waals surface area contributed by atoms with Crippen LogP contribution in [0.4, 0.5) is 5.69 Å². The van der Waals surface area contributed by atoms with E-state index in [2.05, 4.69) is 35.8 Å². The molecular weight excluding hydrogens is 270 g/mol. The first-order valence-corrected chi connectivity index (χ1v) is 7.92. The lowest BCUT2D eigenvalue weighted by Crippen LogP contribution is -2.52. The van der Waals surface area contributed by atoms with Crippen molar-refractivity contribution >= 4 is 17.3 Å². The second-order valence-corrected chi connectivity index (χ2v) is 6.31. The standard InChI is InChI=1S/C16H26ClN3/c1-4-19-7-8-20(11-13(19)3)16-6-5-15(17)10-14(16)9-12(2)18/h5-6,10,12-13H,4,7-9,11,18H2,1-3H3. The number of nitrogens with zero attached hydrogens (tertiary/aromatic N) is 2. The Morgan fingerprint density at radius 1 is 1.40 bits per heavy atom. The summed E-state index contributed by atoms with van der Waals surface area (Å²) in [5.74, 6) is 0. The molecule has 0 saturated carbocycles. The third-order valence-corrected chi connectivity index (χ3v) is 4.33. The zero-order valence-electron chi connectivity index (χ0n) is 12.8. The Labute approximate surface area is 127 Å². The molecule has 2 atom stereocenters. The van der Waals surface area contributed by atoms with Gasteiger partial charge in [-0.25, -0.2) is 0 Å². The molecule has 1 heterocycles. The van der Waals surface area contributed by atoms with Crippen LogP contribution in [-0.2, 0) is 6.42 Å². The lowest BCUT2D eigenvalue weighted by atomic mass is 10.0. The van der Waals surface area contributed by atoms with E-state index in [0.29, 0.717) is 6.04 Å². The van der Waals surface area contributed by atoms with Crippen LogP contribution in [0.15, 0.2) is 18.2 Å². The minimum atomic E-state index is 0.154. The van der Waals surface area contributed by atoms with Gasteiger partial charge in [0.05, 0.1) is 0 Å². The summed E-state index contributed by atoms with van der Waals surface area (Å²) in [6.07, 6.45) is 0.873. The summed E-state index contributed by atoms with van der Waals surface area (Å²) in [7, 11) is 0. The fourth-order valence-electron chi connectivity index (χ4n) is 3.06. The highest BCUT2D eigenvalue weighted by Gasteiger charge is 2.24. The third-order valence-electron chi connectivity index (χ3n) is 4.10. The molecule has 0 radical (unpaired) electrons. The molecule has 0 aliphatic carbocycles. The van der Waals surface area contributed by atoms with Crippen LogP contribution in [0, 0.1) is 0 Å². The Balaban J connectivity index is 2.20. The minimum absolute atomic E-state index is 0.154. The Hall–Kier alpha value is -0.770. The molecule has 0 bridgehead atoms. The predicted octanol–water partition coefficient (Wildman–Crippen LogP) is 2.76. The highest BCUT2D eigenvalue weighted by Crippen LogP contribution is 2.27. The number of piperazine rings is 1. The lowest BCUT2D eigenvalue weighted by Gasteiger charge is -2.41. The topological polar surface area (TPSA) is 32.5 Å². The molecule has 2 rings (SSSR count). The van der Waals surface area contributed by atoms with Gasteiger partial charge in [0, 0.05) is 42.4 Å². The average molecular weight is 296 g/mol. The van der Waals surface area contributed by atoms with E-state index in [1.807, 2.05) is 13.0 Å². The second kappa shape index (κ2) is 6.79. The zero-order chi connectivity index (χ0) is 14.7. The van der Waals surface area contributed by atoms with Gasteiger partial charge in [0.15, 0.2) is 0 Å². The summed E-state index contributed by atoms with van der Waals surface area (Å²) in [6, 6.07) is 6.94. The van der Waals surface area contributed by atoms with E-state index >= 15 is 0 Å². The monoisotopic (exact) mass is 295 g/mol. The maximum absolute atomic E-state index is 6.15. The van der Waals surface area contributed by atoms with E-state index in [-0.39, 0.29) is 6.04 Å². The van der Waals surface area contributed by atoms with Gasteiger partial charge in [-0.3, -0.25) is 4.90 Å². The van der Waals surface area contributed by atoms with Crippen LogP contribution in [-0.4, -0.2) is 43.2 Å². The van der Waals surface area contributed by atoms with E-state index in [1.54, 1.807) is 0 Å². The smallest absolute Gasteiger partial charge is 0.0410 e. The normalized spacial score (nSPS) is 22.1. The molecule has 3 nitrogen and oxygen atoms in total. The number of hydrogen-bond donors (Lipinski definition) is 1. The van der Waals surface area contributed by atoms with Crippen LogP contribution < -0.4 is 10.6 Å².